The van der Waals surface area contributed by atoms with Gasteiger partial charge in [-0.3, -0.25) is 9.59 Å². The van der Waals surface area contributed by atoms with Crippen LogP contribution in [-0.2, 0) is 16.0 Å². The van der Waals surface area contributed by atoms with Gasteiger partial charge in [0.05, 0.1) is 13.0 Å². The van der Waals surface area contributed by atoms with Gasteiger partial charge in [0.15, 0.2) is 0 Å². The maximum atomic E-state index is 11.2. The highest BCUT2D eigenvalue weighted by molar-refractivity contribution is 5.96. The van der Waals surface area contributed by atoms with Crippen molar-refractivity contribution >= 4 is 11.7 Å². The van der Waals surface area contributed by atoms with Crippen molar-refractivity contribution in [2.45, 2.75) is 26.7 Å². The summed E-state index contributed by atoms with van der Waals surface area (Å²) in [7, 11) is 0. The van der Waals surface area contributed by atoms with E-state index in [9.17, 15) is 9.59 Å². The molecular weight excluding hydrogens is 230 g/mol. The van der Waals surface area contributed by atoms with Crippen LogP contribution in [0.4, 0.5) is 0 Å². The number of ketones is 1. The first-order chi connectivity index (χ1) is 8.61. The molecule has 1 aromatic carbocycles. The van der Waals surface area contributed by atoms with E-state index in [0.717, 1.165) is 17.7 Å². The van der Waals surface area contributed by atoms with E-state index in [-0.39, 0.29) is 18.1 Å². The molecule has 0 aliphatic rings. The Labute approximate surface area is 107 Å². The molecule has 0 aliphatic carbocycles. The molecule has 0 heterocycles. The van der Waals surface area contributed by atoms with Gasteiger partial charge < -0.3 is 10.1 Å². The number of ether oxygens (including phenoxy) is 1. The topological polar surface area (TPSA) is 55.4 Å². The standard InChI is InChI=1S/C14H19NO3/c1-3-18-13-6-4-12(5-7-13)8-9-15-14(17)10-11(2)16/h4-7H,3,8-10H2,1-2H3,(H,15,17). The van der Waals surface area contributed by atoms with Crippen LogP contribution in [0.25, 0.3) is 0 Å². The molecule has 4 nitrogen and oxygen atoms in total. The molecule has 4 heteroatoms. The molecule has 0 saturated carbocycles. The van der Waals surface area contributed by atoms with Crippen molar-refractivity contribution in [1.29, 1.82) is 0 Å². The summed E-state index contributed by atoms with van der Waals surface area (Å²) in [5.74, 6) is 0.517. The summed E-state index contributed by atoms with van der Waals surface area (Å²) in [4.78, 5) is 21.9. The minimum absolute atomic E-state index is 0.0384. The first-order valence-corrected chi connectivity index (χ1v) is 6.09. The number of carbonyl (C=O) groups excluding carboxylic acids is 2. The summed E-state index contributed by atoms with van der Waals surface area (Å²) in [6.45, 7) is 4.55. The van der Waals surface area contributed by atoms with E-state index in [2.05, 4.69) is 5.32 Å². The van der Waals surface area contributed by atoms with Crippen molar-refractivity contribution in [2.75, 3.05) is 13.2 Å². The number of rotatable bonds is 7. The van der Waals surface area contributed by atoms with Crippen LogP contribution in [0.2, 0.25) is 0 Å². The second-order valence-corrected chi connectivity index (χ2v) is 4.06. The van der Waals surface area contributed by atoms with Gasteiger partial charge in [-0.25, -0.2) is 0 Å². The van der Waals surface area contributed by atoms with Crippen molar-refractivity contribution in [3.8, 4) is 5.75 Å². The van der Waals surface area contributed by atoms with Crippen molar-refractivity contribution in [2.24, 2.45) is 0 Å². The average Bonchev–Trinajstić information content (AvgIpc) is 2.31. The molecule has 0 radical (unpaired) electrons. The van der Waals surface area contributed by atoms with Gasteiger partial charge in [-0.05, 0) is 38.0 Å². The molecule has 0 fully saturated rings. The summed E-state index contributed by atoms with van der Waals surface area (Å²) in [5, 5.41) is 2.71. The molecule has 0 aliphatic heterocycles. The number of hydrogen-bond donors (Lipinski definition) is 1. The maximum absolute atomic E-state index is 11.2. The Morgan fingerprint density at radius 1 is 1.22 bits per heavy atom. The third kappa shape index (κ3) is 5.48. The molecule has 1 rings (SSSR count). The molecule has 98 valence electrons. The minimum Gasteiger partial charge on any atom is -0.494 e. The van der Waals surface area contributed by atoms with E-state index in [1.807, 2.05) is 31.2 Å². The number of nitrogens with one attached hydrogen (secondary N) is 1. The van der Waals surface area contributed by atoms with E-state index in [4.69, 9.17) is 4.74 Å². The maximum Gasteiger partial charge on any atom is 0.227 e. The Bertz CT molecular complexity index is 398. The van der Waals surface area contributed by atoms with Crippen LogP contribution in [0, 0.1) is 0 Å². The summed E-state index contributed by atoms with van der Waals surface area (Å²) < 4.78 is 5.34. The Kier molecular flexibility index (Phi) is 5.91. The molecular formula is C14H19NO3. The third-order valence-corrected chi connectivity index (χ3v) is 2.38. The molecule has 18 heavy (non-hydrogen) atoms. The van der Waals surface area contributed by atoms with Crippen LogP contribution in [0.5, 0.6) is 5.75 Å². The van der Waals surface area contributed by atoms with Crippen LogP contribution in [0.3, 0.4) is 0 Å². The predicted molar refractivity (Wildman–Crippen MR) is 69.6 cm³/mol. The van der Waals surface area contributed by atoms with Gasteiger partial charge in [0, 0.05) is 6.54 Å². The zero-order chi connectivity index (χ0) is 13.4. The molecule has 0 spiro atoms. The fraction of sp³-hybridized carbons (Fsp3) is 0.429. The van der Waals surface area contributed by atoms with Crippen LogP contribution in [-0.4, -0.2) is 24.8 Å². The number of amides is 1. The highest BCUT2D eigenvalue weighted by Gasteiger charge is 2.03. The predicted octanol–water partition coefficient (Wildman–Crippen LogP) is 1.72. The van der Waals surface area contributed by atoms with Crippen LogP contribution in [0.15, 0.2) is 24.3 Å². The van der Waals surface area contributed by atoms with E-state index in [0.29, 0.717) is 13.2 Å². The molecule has 0 aromatic heterocycles. The largest absolute Gasteiger partial charge is 0.494 e. The highest BCUT2D eigenvalue weighted by Crippen LogP contribution is 2.12. The second-order valence-electron chi connectivity index (χ2n) is 4.06. The molecule has 0 saturated heterocycles. The average molecular weight is 249 g/mol. The Hall–Kier alpha value is -1.84. The molecule has 1 aromatic rings. The lowest BCUT2D eigenvalue weighted by Crippen LogP contribution is -2.27. The molecule has 0 bridgehead atoms. The van der Waals surface area contributed by atoms with Crippen molar-refractivity contribution < 1.29 is 14.3 Å². The number of Topliss-reactive ketones (excluding diaryl/α,β-unsaturated/α-hetero) is 1. The molecule has 0 atom stereocenters. The molecule has 0 unspecified atom stereocenters. The monoisotopic (exact) mass is 249 g/mol. The van der Waals surface area contributed by atoms with Crippen molar-refractivity contribution in [3.05, 3.63) is 29.8 Å². The Balaban J connectivity index is 2.31. The first-order valence-electron chi connectivity index (χ1n) is 6.09. The van der Waals surface area contributed by atoms with E-state index < -0.39 is 0 Å². The Morgan fingerprint density at radius 3 is 2.44 bits per heavy atom. The number of hydrogen-bond acceptors (Lipinski definition) is 3. The zero-order valence-electron chi connectivity index (χ0n) is 10.9. The third-order valence-electron chi connectivity index (χ3n) is 2.38. The van der Waals surface area contributed by atoms with Gasteiger partial charge in [0.25, 0.3) is 0 Å². The van der Waals surface area contributed by atoms with Crippen LogP contribution < -0.4 is 10.1 Å². The first kappa shape index (κ1) is 14.2. The smallest absolute Gasteiger partial charge is 0.227 e. The van der Waals surface area contributed by atoms with Crippen molar-refractivity contribution in [3.63, 3.8) is 0 Å². The lowest BCUT2D eigenvalue weighted by atomic mass is 10.1. The summed E-state index contributed by atoms with van der Waals surface area (Å²) in [6.07, 6.45) is 0.708. The van der Waals surface area contributed by atoms with Crippen LogP contribution >= 0.6 is 0 Å². The lowest BCUT2D eigenvalue weighted by Gasteiger charge is -2.06. The lowest BCUT2D eigenvalue weighted by molar-refractivity contribution is -0.127. The van der Waals surface area contributed by atoms with Gasteiger partial charge >= 0.3 is 0 Å². The quantitative estimate of drug-likeness (QED) is 0.749. The molecule has 1 amide bonds. The minimum atomic E-state index is -0.214. The summed E-state index contributed by atoms with van der Waals surface area (Å²) in [5.41, 5.74) is 1.13. The highest BCUT2D eigenvalue weighted by atomic mass is 16.5. The van der Waals surface area contributed by atoms with Crippen LogP contribution in [0.1, 0.15) is 25.8 Å². The van der Waals surface area contributed by atoms with E-state index in [1.165, 1.54) is 6.92 Å². The van der Waals surface area contributed by atoms with Crippen molar-refractivity contribution in [1.82, 2.24) is 5.32 Å². The fourth-order valence-corrected chi connectivity index (χ4v) is 1.55. The van der Waals surface area contributed by atoms with E-state index >= 15 is 0 Å². The summed E-state index contributed by atoms with van der Waals surface area (Å²) in [6, 6.07) is 7.77. The Morgan fingerprint density at radius 2 is 1.89 bits per heavy atom. The van der Waals surface area contributed by atoms with Gasteiger partial charge in [-0.15, -0.1) is 0 Å². The van der Waals surface area contributed by atoms with Gasteiger partial charge in [-0.1, -0.05) is 12.1 Å². The number of benzene rings is 1. The molecule has 1 N–H and O–H groups in total. The van der Waals surface area contributed by atoms with E-state index in [1.54, 1.807) is 0 Å². The summed E-state index contributed by atoms with van der Waals surface area (Å²) >= 11 is 0. The SMILES string of the molecule is CCOc1ccc(CCNC(=O)CC(C)=O)cc1. The van der Waals surface area contributed by atoms with Gasteiger partial charge in [0.2, 0.25) is 5.91 Å². The van der Waals surface area contributed by atoms with Gasteiger partial charge in [-0.2, -0.15) is 0 Å². The second kappa shape index (κ2) is 7.48. The normalized spacial score (nSPS) is 9.89. The van der Waals surface area contributed by atoms with Gasteiger partial charge in [0.1, 0.15) is 11.5 Å². The fourth-order valence-electron chi connectivity index (χ4n) is 1.55. The zero-order valence-corrected chi connectivity index (χ0v) is 10.9. The number of carbonyl (C=O) groups is 2.